The third-order valence-electron chi connectivity index (χ3n) is 2.38. The molecule has 0 aromatic carbocycles. The van der Waals surface area contributed by atoms with Crippen molar-refractivity contribution in [3.05, 3.63) is 37.0 Å². The van der Waals surface area contributed by atoms with Gasteiger partial charge in [0.1, 0.15) is 5.60 Å². The van der Waals surface area contributed by atoms with Gasteiger partial charge in [-0.05, 0) is 39.5 Å². The number of methoxy groups -OCH3 is 1. The molecular formula is C20H36O4. The first kappa shape index (κ1) is 27.0. The maximum absolute atomic E-state index is 10.8. The minimum Gasteiger partial charge on any atom is -0.466 e. The molecule has 0 saturated carbocycles. The summed E-state index contributed by atoms with van der Waals surface area (Å²) in [7, 11) is 1.36. The molecule has 0 aromatic rings. The topological polar surface area (TPSA) is 52.6 Å². The van der Waals surface area contributed by atoms with Crippen molar-refractivity contribution < 1.29 is 19.1 Å². The van der Waals surface area contributed by atoms with Crippen LogP contribution in [-0.4, -0.2) is 24.6 Å². The highest BCUT2D eigenvalue weighted by molar-refractivity contribution is 5.88. The maximum atomic E-state index is 10.8. The number of allylic oxidation sites excluding steroid dienone is 2. The Morgan fingerprint density at radius 2 is 1.54 bits per heavy atom. The summed E-state index contributed by atoms with van der Waals surface area (Å²) in [6.07, 6.45) is 6.50. The Morgan fingerprint density at radius 1 is 1.08 bits per heavy atom. The molecule has 0 fully saturated rings. The van der Waals surface area contributed by atoms with Gasteiger partial charge in [0, 0.05) is 11.6 Å². The minimum atomic E-state index is -0.398. The number of ether oxygens (including phenoxy) is 2. The fourth-order valence-corrected chi connectivity index (χ4v) is 1.01. The lowest BCUT2D eigenvalue weighted by atomic mass is 9.88. The zero-order chi connectivity index (χ0) is 20.0. The molecule has 0 unspecified atom stereocenters. The van der Waals surface area contributed by atoms with E-state index < -0.39 is 5.60 Å². The van der Waals surface area contributed by atoms with Crippen molar-refractivity contribution in [1.29, 1.82) is 0 Å². The number of carbonyl (C=O) groups excluding carboxylic acids is 2. The Balaban J connectivity index is -0.000000291. The summed E-state index contributed by atoms with van der Waals surface area (Å²) in [4.78, 5) is 21.3. The predicted molar refractivity (Wildman–Crippen MR) is 102 cm³/mol. The van der Waals surface area contributed by atoms with Gasteiger partial charge in [-0.25, -0.2) is 9.59 Å². The smallest absolute Gasteiger partial charge is 0.333 e. The van der Waals surface area contributed by atoms with Crippen LogP contribution in [0, 0.1) is 5.41 Å². The first-order valence-electron chi connectivity index (χ1n) is 8.01. The molecule has 0 aliphatic heterocycles. The highest BCUT2D eigenvalue weighted by atomic mass is 16.6. The lowest BCUT2D eigenvalue weighted by molar-refractivity contribution is -0.148. The average molecular weight is 341 g/mol. The zero-order valence-corrected chi connectivity index (χ0v) is 17.0. The molecule has 0 N–H and O–H groups in total. The van der Waals surface area contributed by atoms with E-state index in [1.54, 1.807) is 0 Å². The van der Waals surface area contributed by atoms with Gasteiger partial charge >= 0.3 is 11.9 Å². The van der Waals surface area contributed by atoms with Gasteiger partial charge in [-0.1, -0.05) is 53.0 Å². The molecule has 0 bridgehead atoms. The van der Waals surface area contributed by atoms with Gasteiger partial charge in [0.25, 0.3) is 0 Å². The Kier molecular flexibility index (Phi) is 15.3. The van der Waals surface area contributed by atoms with E-state index in [-0.39, 0.29) is 17.4 Å². The number of rotatable bonds is 3. The summed E-state index contributed by atoms with van der Waals surface area (Å²) in [5.41, 5.74) is -0.0757. The van der Waals surface area contributed by atoms with Crippen molar-refractivity contribution in [3.63, 3.8) is 0 Å². The molecule has 4 nitrogen and oxygen atoms in total. The average Bonchev–Trinajstić information content (AvgIpc) is 2.45. The van der Waals surface area contributed by atoms with Gasteiger partial charge in [0.15, 0.2) is 0 Å². The van der Waals surface area contributed by atoms with E-state index >= 15 is 0 Å². The highest BCUT2D eigenvalue weighted by Crippen LogP contribution is 2.23. The lowest BCUT2D eigenvalue weighted by Gasteiger charge is -2.18. The van der Waals surface area contributed by atoms with Gasteiger partial charge in [-0.15, -0.1) is 0 Å². The molecule has 140 valence electrons. The second kappa shape index (κ2) is 13.6. The third-order valence-corrected chi connectivity index (χ3v) is 2.38. The summed E-state index contributed by atoms with van der Waals surface area (Å²) in [5.74, 6) is -0.699. The van der Waals surface area contributed by atoms with E-state index in [0.717, 1.165) is 12.5 Å². The van der Waals surface area contributed by atoms with E-state index in [2.05, 4.69) is 37.0 Å². The third kappa shape index (κ3) is 20.2. The largest absolute Gasteiger partial charge is 0.466 e. The van der Waals surface area contributed by atoms with Crippen LogP contribution in [0.4, 0.5) is 0 Å². The molecular weight excluding hydrogens is 304 g/mol. The van der Waals surface area contributed by atoms with Crippen molar-refractivity contribution in [2.45, 2.75) is 67.4 Å². The molecule has 24 heavy (non-hydrogen) atoms. The molecule has 0 atom stereocenters. The highest BCUT2D eigenvalue weighted by Gasteiger charge is 2.21. The Bertz CT molecular complexity index is 418. The van der Waals surface area contributed by atoms with Crippen LogP contribution in [0.2, 0.25) is 0 Å². The SMILES string of the molecule is C=C(C(=O)OC)C(C)(C)C.C=CC(=O)OC(C)(C)C.CC=CCC. The molecule has 0 saturated heterocycles. The van der Waals surface area contributed by atoms with E-state index in [4.69, 9.17) is 4.74 Å². The summed E-state index contributed by atoms with van der Waals surface area (Å²) < 4.78 is 9.33. The predicted octanol–water partition coefficient (Wildman–Crippen LogP) is 5.25. The second-order valence-electron chi connectivity index (χ2n) is 6.94. The van der Waals surface area contributed by atoms with E-state index in [1.807, 2.05) is 48.5 Å². The summed E-state index contributed by atoms with van der Waals surface area (Å²) >= 11 is 0. The van der Waals surface area contributed by atoms with Gasteiger partial charge in [0.2, 0.25) is 0 Å². The molecule has 0 aliphatic carbocycles. The fraction of sp³-hybridized carbons (Fsp3) is 0.600. The first-order valence-corrected chi connectivity index (χ1v) is 8.01. The lowest BCUT2D eigenvalue weighted by Crippen LogP contribution is -2.22. The molecule has 4 heteroatoms. The number of carbonyl (C=O) groups is 2. The van der Waals surface area contributed by atoms with E-state index in [1.165, 1.54) is 7.11 Å². The first-order chi connectivity index (χ1) is 10.8. The second-order valence-corrected chi connectivity index (χ2v) is 6.94. The maximum Gasteiger partial charge on any atom is 0.333 e. The van der Waals surface area contributed by atoms with Crippen molar-refractivity contribution >= 4 is 11.9 Å². The zero-order valence-electron chi connectivity index (χ0n) is 17.0. The van der Waals surface area contributed by atoms with E-state index in [9.17, 15) is 9.59 Å². The molecule has 0 spiro atoms. The molecule has 0 aromatic heterocycles. The van der Waals surface area contributed by atoms with Gasteiger partial charge in [0.05, 0.1) is 7.11 Å². The van der Waals surface area contributed by atoms with Crippen molar-refractivity contribution in [2.24, 2.45) is 5.41 Å². The summed E-state index contributed by atoms with van der Waals surface area (Å²) in [6.45, 7) is 22.3. The van der Waals surface area contributed by atoms with Gasteiger partial charge in [-0.3, -0.25) is 0 Å². The van der Waals surface area contributed by atoms with Crippen molar-refractivity contribution in [3.8, 4) is 0 Å². The summed E-state index contributed by atoms with van der Waals surface area (Å²) in [5, 5.41) is 0. The molecule has 0 aliphatic rings. The number of hydrogen-bond acceptors (Lipinski definition) is 4. The van der Waals surface area contributed by atoms with Crippen LogP contribution in [0.25, 0.3) is 0 Å². The fourth-order valence-electron chi connectivity index (χ4n) is 1.01. The van der Waals surface area contributed by atoms with Crippen LogP contribution in [0.3, 0.4) is 0 Å². The van der Waals surface area contributed by atoms with Crippen LogP contribution in [0.5, 0.6) is 0 Å². The van der Waals surface area contributed by atoms with Crippen LogP contribution in [-0.2, 0) is 19.1 Å². The van der Waals surface area contributed by atoms with Crippen molar-refractivity contribution in [1.82, 2.24) is 0 Å². The quantitative estimate of drug-likeness (QED) is 0.400. The van der Waals surface area contributed by atoms with Crippen LogP contribution in [0.1, 0.15) is 61.8 Å². The number of esters is 2. The summed E-state index contributed by atoms with van der Waals surface area (Å²) in [6, 6.07) is 0. The van der Waals surface area contributed by atoms with Crippen LogP contribution >= 0.6 is 0 Å². The van der Waals surface area contributed by atoms with E-state index in [0.29, 0.717) is 5.57 Å². The Labute approximate surface area is 148 Å². The number of hydrogen-bond donors (Lipinski definition) is 0. The molecule has 0 rings (SSSR count). The van der Waals surface area contributed by atoms with Crippen molar-refractivity contribution in [2.75, 3.05) is 7.11 Å². The molecule has 0 amide bonds. The monoisotopic (exact) mass is 340 g/mol. The molecule has 0 radical (unpaired) electrons. The van der Waals surface area contributed by atoms with Crippen LogP contribution in [0.15, 0.2) is 37.0 Å². The normalized spacial score (nSPS) is 10.5. The Hall–Kier alpha value is -1.84. The Morgan fingerprint density at radius 3 is 1.62 bits per heavy atom. The minimum absolute atomic E-state index is 0.187. The van der Waals surface area contributed by atoms with Gasteiger partial charge < -0.3 is 9.47 Å². The van der Waals surface area contributed by atoms with Gasteiger partial charge in [-0.2, -0.15) is 0 Å². The van der Waals surface area contributed by atoms with Crippen LogP contribution < -0.4 is 0 Å². The standard InChI is InChI=1S/C8H14O2.C7H12O2.C5H10/c1-6(7(9)10-5)8(2,3)4;1-5-6(8)9-7(2,3)4;1-3-5-4-2/h1H2,2-5H3;5H,1H2,2-4H3;3,5H,4H2,1-2H3. The molecule has 0 heterocycles.